The van der Waals surface area contributed by atoms with E-state index in [0.717, 1.165) is 27.9 Å². The number of benzene rings is 1. The molecule has 0 fully saturated rings. The van der Waals surface area contributed by atoms with Gasteiger partial charge in [0.1, 0.15) is 0 Å². The molecule has 0 N–H and O–H groups in total. The first-order chi connectivity index (χ1) is 7.72. The Labute approximate surface area is 95.2 Å². The molecule has 0 atom stereocenters. The zero-order chi connectivity index (χ0) is 11.5. The molecule has 2 aromatic rings. The highest BCUT2D eigenvalue weighted by atomic mass is 14.7. The first-order valence-corrected chi connectivity index (χ1v) is 5.15. The zero-order valence-corrected chi connectivity index (χ0v) is 9.36. The van der Waals surface area contributed by atoms with Gasteiger partial charge in [0.25, 0.3) is 0 Å². The predicted octanol–water partition coefficient (Wildman–Crippen LogP) is 3.24. The van der Waals surface area contributed by atoms with Crippen molar-refractivity contribution in [1.29, 1.82) is 5.26 Å². The molecule has 0 aliphatic rings. The Morgan fingerprint density at radius 1 is 1.19 bits per heavy atom. The molecular weight excluding hydrogens is 196 g/mol. The molecule has 0 spiro atoms. The highest BCUT2D eigenvalue weighted by Gasteiger charge is 2.04. The highest BCUT2D eigenvalue weighted by molar-refractivity contribution is 5.67. The molecule has 1 aromatic heterocycles. The van der Waals surface area contributed by atoms with Crippen LogP contribution in [0.4, 0.5) is 0 Å². The van der Waals surface area contributed by atoms with Crippen molar-refractivity contribution in [2.45, 2.75) is 13.8 Å². The lowest BCUT2D eigenvalue weighted by Crippen LogP contribution is -1.88. The minimum Gasteiger partial charge on any atom is -0.261 e. The molecule has 2 heteroatoms. The predicted molar refractivity (Wildman–Crippen MR) is 63.9 cm³/mol. The topological polar surface area (TPSA) is 36.7 Å². The molecule has 0 bridgehead atoms. The molecule has 0 amide bonds. The van der Waals surface area contributed by atoms with Gasteiger partial charge in [-0.2, -0.15) is 5.26 Å². The van der Waals surface area contributed by atoms with E-state index in [1.54, 1.807) is 6.20 Å². The first kappa shape index (κ1) is 10.4. The summed E-state index contributed by atoms with van der Waals surface area (Å²) in [6.45, 7) is 3.94. The molecule has 0 saturated carbocycles. The van der Waals surface area contributed by atoms with Gasteiger partial charge in [0.2, 0.25) is 0 Å². The maximum atomic E-state index is 8.87. The molecule has 2 nitrogen and oxygen atoms in total. The van der Waals surface area contributed by atoms with Crippen molar-refractivity contribution >= 4 is 0 Å². The van der Waals surface area contributed by atoms with Crippen molar-refractivity contribution in [3.8, 4) is 17.2 Å². The third-order valence-corrected chi connectivity index (χ3v) is 2.66. The number of hydrogen-bond donors (Lipinski definition) is 0. The summed E-state index contributed by atoms with van der Waals surface area (Å²) in [4.78, 5) is 4.26. The fourth-order valence-corrected chi connectivity index (χ4v) is 1.75. The average Bonchev–Trinajstić information content (AvgIpc) is 2.29. The van der Waals surface area contributed by atoms with Crippen molar-refractivity contribution in [1.82, 2.24) is 4.98 Å². The van der Waals surface area contributed by atoms with Gasteiger partial charge in [0.05, 0.1) is 11.6 Å². The second kappa shape index (κ2) is 4.16. The lowest BCUT2D eigenvalue weighted by Gasteiger charge is -2.06. The van der Waals surface area contributed by atoms with Gasteiger partial charge >= 0.3 is 0 Å². The molecule has 16 heavy (non-hydrogen) atoms. The van der Waals surface area contributed by atoms with Gasteiger partial charge in [-0.05, 0) is 37.1 Å². The van der Waals surface area contributed by atoms with Crippen molar-refractivity contribution in [2.75, 3.05) is 0 Å². The van der Waals surface area contributed by atoms with E-state index in [-0.39, 0.29) is 0 Å². The lowest BCUT2D eigenvalue weighted by atomic mass is 10.00. The summed E-state index contributed by atoms with van der Waals surface area (Å²) in [5, 5.41) is 8.87. The van der Waals surface area contributed by atoms with Crippen LogP contribution in [0.15, 0.2) is 36.5 Å². The minimum absolute atomic E-state index is 0.727. The average molecular weight is 208 g/mol. The van der Waals surface area contributed by atoms with Crippen LogP contribution in [0.5, 0.6) is 0 Å². The van der Waals surface area contributed by atoms with Crippen LogP contribution in [-0.4, -0.2) is 4.98 Å². The number of rotatable bonds is 1. The number of aromatic nitrogens is 1. The second-order valence-electron chi connectivity index (χ2n) is 3.78. The number of hydrogen-bond acceptors (Lipinski definition) is 2. The third-order valence-electron chi connectivity index (χ3n) is 2.66. The van der Waals surface area contributed by atoms with E-state index in [1.165, 1.54) is 0 Å². The quantitative estimate of drug-likeness (QED) is 0.721. The van der Waals surface area contributed by atoms with Crippen molar-refractivity contribution < 1.29 is 0 Å². The SMILES string of the molecule is Cc1cc(-c2cccnc2C)ccc1C#N. The van der Waals surface area contributed by atoms with Gasteiger partial charge in [-0.1, -0.05) is 18.2 Å². The van der Waals surface area contributed by atoms with Gasteiger partial charge in [-0.15, -0.1) is 0 Å². The Bertz CT molecular complexity index is 565. The molecule has 0 unspecified atom stereocenters. The van der Waals surface area contributed by atoms with Gasteiger partial charge < -0.3 is 0 Å². The monoisotopic (exact) mass is 208 g/mol. The number of aryl methyl sites for hydroxylation is 2. The Balaban J connectivity index is 2.55. The largest absolute Gasteiger partial charge is 0.261 e. The fourth-order valence-electron chi connectivity index (χ4n) is 1.75. The summed E-state index contributed by atoms with van der Waals surface area (Å²) in [6, 6.07) is 12.0. The normalized spacial score (nSPS) is 9.81. The fraction of sp³-hybridized carbons (Fsp3) is 0.143. The smallest absolute Gasteiger partial charge is 0.0994 e. The summed E-state index contributed by atoms with van der Waals surface area (Å²) in [7, 11) is 0. The van der Waals surface area contributed by atoms with E-state index in [1.807, 2.05) is 44.2 Å². The van der Waals surface area contributed by atoms with Crippen LogP contribution in [0.3, 0.4) is 0 Å². The van der Waals surface area contributed by atoms with Crippen LogP contribution in [0.1, 0.15) is 16.8 Å². The van der Waals surface area contributed by atoms with Crippen LogP contribution in [-0.2, 0) is 0 Å². The van der Waals surface area contributed by atoms with Crippen LogP contribution in [0.25, 0.3) is 11.1 Å². The summed E-state index contributed by atoms with van der Waals surface area (Å²) >= 11 is 0. The van der Waals surface area contributed by atoms with Crippen LogP contribution in [0.2, 0.25) is 0 Å². The van der Waals surface area contributed by atoms with E-state index < -0.39 is 0 Å². The maximum Gasteiger partial charge on any atom is 0.0994 e. The molecule has 0 aliphatic heterocycles. The Hall–Kier alpha value is -2.14. The second-order valence-corrected chi connectivity index (χ2v) is 3.78. The van der Waals surface area contributed by atoms with Gasteiger partial charge in [0, 0.05) is 17.5 Å². The van der Waals surface area contributed by atoms with E-state index in [0.29, 0.717) is 0 Å². The summed E-state index contributed by atoms with van der Waals surface area (Å²) < 4.78 is 0. The molecular formula is C14H12N2. The molecule has 0 radical (unpaired) electrons. The van der Waals surface area contributed by atoms with E-state index in [9.17, 15) is 0 Å². The van der Waals surface area contributed by atoms with Crippen LogP contribution in [0, 0.1) is 25.2 Å². The minimum atomic E-state index is 0.727. The highest BCUT2D eigenvalue weighted by Crippen LogP contribution is 2.23. The molecule has 0 saturated heterocycles. The number of nitrogens with zero attached hydrogens (tertiary/aromatic N) is 2. The van der Waals surface area contributed by atoms with Crippen LogP contribution >= 0.6 is 0 Å². The third kappa shape index (κ3) is 1.80. The van der Waals surface area contributed by atoms with Crippen molar-refractivity contribution in [3.05, 3.63) is 53.3 Å². The number of pyridine rings is 1. The summed E-state index contributed by atoms with van der Waals surface area (Å²) in [5.74, 6) is 0. The van der Waals surface area contributed by atoms with E-state index in [2.05, 4.69) is 11.1 Å². The zero-order valence-electron chi connectivity index (χ0n) is 9.36. The summed E-state index contributed by atoms with van der Waals surface area (Å²) in [6.07, 6.45) is 1.79. The lowest BCUT2D eigenvalue weighted by molar-refractivity contribution is 1.20. The maximum absolute atomic E-state index is 8.87. The molecule has 2 rings (SSSR count). The van der Waals surface area contributed by atoms with Gasteiger partial charge in [-0.3, -0.25) is 4.98 Å². The van der Waals surface area contributed by atoms with E-state index >= 15 is 0 Å². The molecule has 0 aliphatic carbocycles. The van der Waals surface area contributed by atoms with Crippen LogP contribution < -0.4 is 0 Å². The Morgan fingerprint density at radius 2 is 2.00 bits per heavy atom. The summed E-state index contributed by atoms with van der Waals surface area (Å²) in [5.41, 5.74) is 4.97. The number of nitriles is 1. The van der Waals surface area contributed by atoms with Crippen molar-refractivity contribution in [2.24, 2.45) is 0 Å². The Morgan fingerprint density at radius 3 is 2.62 bits per heavy atom. The molecule has 1 heterocycles. The van der Waals surface area contributed by atoms with Crippen molar-refractivity contribution in [3.63, 3.8) is 0 Å². The standard InChI is InChI=1S/C14H12N2/c1-10-8-12(5-6-13(10)9-15)14-4-3-7-16-11(14)2/h3-8H,1-2H3. The van der Waals surface area contributed by atoms with E-state index in [4.69, 9.17) is 5.26 Å². The van der Waals surface area contributed by atoms with Gasteiger partial charge in [-0.25, -0.2) is 0 Å². The molecule has 78 valence electrons. The Kier molecular flexibility index (Phi) is 2.70. The molecule has 1 aromatic carbocycles. The van der Waals surface area contributed by atoms with Gasteiger partial charge in [0.15, 0.2) is 0 Å². The first-order valence-electron chi connectivity index (χ1n) is 5.15.